The molecule has 3 aliphatic heterocycles. The van der Waals surface area contributed by atoms with Crippen molar-refractivity contribution in [2.24, 2.45) is 5.41 Å². The number of fused-ring (bicyclic) bond motifs is 2. The van der Waals surface area contributed by atoms with E-state index in [1.165, 1.54) is 38.2 Å². The molecular formula is C14H20N2O. The highest BCUT2D eigenvalue weighted by atomic mass is 16.5. The van der Waals surface area contributed by atoms with Gasteiger partial charge in [-0.2, -0.15) is 0 Å². The van der Waals surface area contributed by atoms with Crippen molar-refractivity contribution in [1.29, 1.82) is 0 Å². The fourth-order valence-corrected chi connectivity index (χ4v) is 3.64. The predicted molar refractivity (Wildman–Crippen MR) is 67.2 cm³/mol. The number of nitrogens with zero attached hydrogens (tertiary/aromatic N) is 2. The molecule has 3 nitrogen and oxygen atoms in total. The lowest BCUT2D eigenvalue weighted by Gasteiger charge is -2.44. The Morgan fingerprint density at radius 1 is 1.41 bits per heavy atom. The molecule has 0 aliphatic carbocycles. The summed E-state index contributed by atoms with van der Waals surface area (Å²) in [6.07, 6.45) is 5.91. The Morgan fingerprint density at radius 3 is 3.29 bits per heavy atom. The van der Waals surface area contributed by atoms with Crippen LogP contribution in [0.1, 0.15) is 26.0 Å². The summed E-state index contributed by atoms with van der Waals surface area (Å²) in [5.41, 5.74) is 1.54. The molecule has 17 heavy (non-hydrogen) atoms. The van der Waals surface area contributed by atoms with Gasteiger partial charge in [0.2, 0.25) is 0 Å². The standard InChI is InChI=1S/C13H16N2O.CH4/c1-2-11-10(14-5-1)8-13-4-7-15(9-13)6-3-12(13)16-11;/h1-2,5,12H,3-4,6-9H2;1H4/t12-,13+;/m0./s1. The van der Waals surface area contributed by atoms with E-state index >= 15 is 0 Å². The largest absolute Gasteiger partial charge is 0.488 e. The highest BCUT2D eigenvalue weighted by Crippen LogP contribution is 2.47. The fraction of sp³-hybridized carbons (Fsp3) is 0.643. The third-order valence-corrected chi connectivity index (χ3v) is 4.49. The Kier molecular flexibility index (Phi) is 2.40. The SMILES string of the molecule is C.c1cnc2c(c1)O[C@H]1CCN3CC[C@@]1(C2)C3. The fourth-order valence-electron chi connectivity index (χ4n) is 3.64. The number of hydrogen-bond donors (Lipinski definition) is 0. The van der Waals surface area contributed by atoms with Crippen LogP contribution in [-0.4, -0.2) is 35.6 Å². The van der Waals surface area contributed by atoms with Gasteiger partial charge >= 0.3 is 0 Å². The molecule has 1 aromatic heterocycles. The normalized spacial score (nSPS) is 37.4. The van der Waals surface area contributed by atoms with Crippen LogP contribution in [-0.2, 0) is 6.42 Å². The van der Waals surface area contributed by atoms with Gasteiger partial charge in [-0.3, -0.25) is 4.98 Å². The maximum Gasteiger partial charge on any atom is 0.141 e. The summed E-state index contributed by atoms with van der Waals surface area (Å²) in [6.45, 7) is 3.68. The molecule has 0 radical (unpaired) electrons. The minimum absolute atomic E-state index is 0. The average molecular weight is 232 g/mol. The Hall–Kier alpha value is -1.09. The molecule has 2 fully saturated rings. The predicted octanol–water partition coefficient (Wildman–Crippen LogP) is 2.12. The van der Waals surface area contributed by atoms with Gasteiger partial charge < -0.3 is 9.64 Å². The van der Waals surface area contributed by atoms with E-state index in [-0.39, 0.29) is 7.43 Å². The van der Waals surface area contributed by atoms with E-state index in [1.807, 2.05) is 12.3 Å². The van der Waals surface area contributed by atoms with Crippen LogP contribution < -0.4 is 4.74 Å². The molecule has 4 heterocycles. The first kappa shape index (κ1) is 11.0. The number of ether oxygens (including phenoxy) is 1. The van der Waals surface area contributed by atoms with E-state index in [0.717, 1.165) is 12.2 Å². The molecule has 1 spiro atoms. The summed E-state index contributed by atoms with van der Waals surface area (Å²) in [6, 6.07) is 4.04. The zero-order chi connectivity index (χ0) is 10.6. The van der Waals surface area contributed by atoms with Gasteiger partial charge in [0.25, 0.3) is 0 Å². The van der Waals surface area contributed by atoms with Crippen LogP contribution in [0.15, 0.2) is 18.3 Å². The number of pyridine rings is 1. The Bertz CT molecular complexity index is 432. The lowest BCUT2D eigenvalue weighted by molar-refractivity contribution is -0.00192. The third kappa shape index (κ3) is 1.48. The molecule has 0 N–H and O–H groups in total. The van der Waals surface area contributed by atoms with Crippen LogP contribution in [0, 0.1) is 5.41 Å². The molecule has 3 heteroatoms. The maximum absolute atomic E-state index is 6.17. The second kappa shape index (κ2) is 3.70. The summed E-state index contributed by atoms with van der Waals surface area (Å²) >= 11 is 0. The van der Waals surface area contributed by atoms with Gasteiger partial charge in [-0.25, -0.2) is 0 Å². The van der Waals surface area contributed by atoms with E-state index < -0.39 is 0 Å². The van der Waals surface area contributed by atoms with Gasteiger partial charge in [0, 0.05) is 31.1 Å². The molecular weight excluding hydrogens is 212 g/mol. The van der Waals surface area contributed by atoms with Crippen molar-refractivity contribution in [2.45, 2.75) is 32.8 Å². The van der Waals surface area contributed by atoms with E-state index in [9.17, 15) is 0 Å². The van der Waals surface area contributed by atoms with Crippen LogP contribution in [0.2, 0.25) is 0 Å². The quantitative estimate of drug-likeness (QED) is 0.685. The van der Waals surface area contributed by atoms with Gasteiger partial charge in [0.05, 0.1) is 5.69 Å². The Morgan fingerprint density at radius 2 is 2.35 bits per heavy atom. The first-order chi connectivity index (χ1) is 7.86. The molecule has 2 bridgehead atoms. The Labute approximate surface area is 103 Å². The van der Waals surface area contributed by atoms with E-state index in [2.05, 4.69) is 16.0 Å². The zero-order valence-corrected chi connectivity index (χ0v) is 9.35. The lowest BCUT2D eigenvalue weighted by atomic mass is 9.73. The van der Waals surface area contributed by atoms with Crippen LogP contribution in [0.3, 0.4) is 0 Å². The molecule has 1 aromatic rings. The van der Waals surface area contributed by atoms with Crippen LogP contribution in [0.4, 0.5) is 0 Å². The highest BCUT2D eigenvalue weighted by molar-refractivity contribution is 5.32. The molecule has 4 rings (SSSR count). The topological polar surface area (TPSA) is 25.4 Å². The van der Waals surface area contributed by atoms with Crippen LogP contribution in [0.25, 0.3) is 0 Å². The molecule has 3 atom stereocenters. The van der Waals surface area contributed by atoms with Gasteiger partial charge in [-0.15, -0.1) is 0 Å². The highest BCUT2D eigenvalue weighted by Gasteiger charge is 2.51. The molecule has 2 saturated heterocycles. The summed E-state index contributed by atoms with van der Waals surface area (Å²) in [5, 5.41) is 0. The monoisotopic (exact) mass is 232 g/mol. The summed E-state index contributed by atoms with van der Waals surface area (Å²) in [4.78, 5) is 7.06. The van der Waals surface area contributed by atoms with Crippen molar-refractivity contribution >= 4 is 0 Å². The number of rotatable bonds is 0. The lowest BCUT2D eigenvalue weighted by Crippen LogP contribution is -2.50. The third-order valence-electron chi connectivity index (χ3n) is 4.49. The zero-order valence-electron chi connectivity index (χ0n) is 9.35. The smallest absolute Gasteiger partial charge is 0.141 e. The summed E-state index contributed by atoms with van der Waals surface area (Å²) in [5.74, 6) is 1.03. The van der Waals surface area contributed by atoms with E-state index in [1.54, 1.807) is 0 Å². The van der Waals surface area contributed by atoms with Gasteiger partial charge in [0.15, 0.2) is 0 Å². The first-order valence-electron chi connectivity index (χ1n) is 6.19. The minimum Gasteiger partial charge on any atom is -0.488 e. The second-order valence-electron chi connectivity index (χ2n) is 5.41. The molecule has 3 aliphatic rings. The van der Waals surface area contributed by atoms with Gasteiger partial charge in [0.1, 0.15) is 11.9 Å². The maximum atomic E-state index is 6.17. The molecule has 1 unspecified atom stereocenters. The van der Waals surface area contributed by atoms with Crippen molar-refractivity contribution in [3.63, 3.8) is 0 Å². The van der Waals surface area contributed by atoms with Crippen LogP contribution >= 0.6 is 0 Å². The number of aromatic nitrogens is 1. The van der Waals surface area contributed by atoms with E-state index in [4.69, 9.17) is 4.74 Å². The van der Waals surface area contributed by atoms with Crippen molar-refractivity contribution in [1.82, 2.24) is 9.88 Å². The first-order valence-corrected chi connectivity index (χ1v) is 6.19. The number of piperidine rings is 1. The van der Waals surface area contributed by atoms with E-state index in [0.29, 0.717) is 11.5 Å². The molecule has 0 saturated carbocycles. The van der Waals surface area contributed by atoms with Crippen molar-refractivity contribution < 1.29 is 4.74 Å². The molecule has 0 amide bonds. The van der Waals surface area contributed by atoms with Crippen molar-refractivity contribution in [3.05, 3.63) is 24.0 Å². The van der Waals surface area contributed by atoms with Crippen LogP contribution in [0.5, 0.6) is 5.75 Å². The number of hydrogen-bond acceptors (Lipinski definition) is 3. The Balaban J connectivity index is 0.000000902. The second-order valence-corrected chi connectivity index (χ2v) is 5.41. The summed E-state index contributed by atoms with van der Waals surface area (Å²) < 4.78 is 6.17. The average Bonchev–Trinajstić information content (AvgIpc) is 2.64. The summed E-state index contributed by atoms with van der Waals surface area (Å²) in [7, 11) is 0. The minimum atomic E-state index is 0. The van der Waals surface area contributed by atoms with Gasteiger partial charge in [-0.05, 0) is 31.5 Å². The van der Waals surface area contributed by atoms with Crippen molar-refractivity contribution in [2.75, 3.05) is 19.6 Å². The van der Waals surface area contributed by atoms with Crippen molar-refractivity contribution in [3.8, 4) is 5.75 Å². The molecule has 0 aromatic carbocycles. The van der Waals surface area contributed by atoms with Gasteiger partial charge in [-0.1, -0.05) is 7.43 Å². The molecule has 92 valence electrons.